The molecule has 1 aromatic heterocycles. The summed E-state index contributed by atoms with van der Waals surface area (Å²) in [4.78, 5) is 11.1. The van der Waals surface area contributed by atoms with Gasteiger partial charge >= 0.3 is 5.97 Å². The predicted molar refractivity (Wildman–Crippen MR) is 73.2 cm³/mol. The van der Waals surface area contributed by atoms with Crippen LogP contribution in [0.1, 0.15) is 50.2 Å². The second-order valence-electron chi connectivity index (χ2n) is 5.92. The Morgan fingerprint density at radius 1 is 1.30 bits per heavy atom. The molecule has 0 aromatic carbocycles. The number of hydrogen-bond acceptors (Lipinski definition) is 4. The standard InChI is InChI=1S/C14H22N4O2/c19-14(20)10-4-3-5-11(8-10)15-9-13-17-16-12-6-1-2-7-18(12)13/h10-11,15H,1-9H2,(H,19,20). The lowest BCUT2D eigenvalue weighted by Gasteiger charge is -2.27. The van der Waals surface area contributed by atoms with E-state index in [1.54, 1.807) is 0 Å². The highest BCUT2D eigenvalue weighted by Crippen LogP contribution is 2.24. The number of aryl methyl sites for hydroxylation is 1. The molecule has 2 unspecified atom stereocenters. The third-order valence-electron chi connectivity index (χ3n) is 4.51. The van der Waals surface area contributed by atoms with Gasteiger partial charge in [-0.3, -0.25) is 4.79 Å². The van der Waals surface area contributed by atoms with Crippen LogP contribution in [0.3, 0.4) is 0 Å². The molecule has 2 N–H and O–H groups in total. The van der Waals surface area contributed by atoms with Crippen LogP contribution < -0.4 is 5.32 Å². The first-order chi connectivity index (χ1) is 9.74. The van der Waals surface area contributed by atoms with Crippen molar-refractivity contribution in [2.24, 2.45) is 5.92 Å². The van der Waals surface area contributed by atoms with Gasteiger partial charge in [0.2, 0.25) is 0 Å². The molecule has 0 radical (unpaired) electrons. The van der Waals surface area contributed by atoms with Crippen molar-refractivity contribution in [2.45, 2.75) is 64.1 Å². The molecule has 0 spiro atoms. The maximum atomic E-state index is 11.1. The number of rotatable bonds is 4. The molecule has 2 aliphatic rings. The van der Waals surface area contributed by atoms with Crippen LogP contribution in [0.15, 0.2) is 0 Å². The Morgan fingerprint density at radius 3 is 3.05 bits per heavy atom. The Kier molecular flexibility index (Phi) is 4.00. The van der Waals surface area contributed by atoms with Crippen LogP contribution in [0, 0.1) is 5.92 Å². The molecule has 0 amide bonds. The van der Waals surface area contributed by atoms with Gasteiger partial charge in [0.1, 0.15) is 11.6 Å². The first kappa shape index (κ1) is 13.5. The third kappa shape index (κ3) is 2.85. The smallest absolute Gasteiger partial charge is 0.306 e. The molecule has 0 bridgehead atoms. The van der Waals surface area contributed by atoms with E-state index in [9.17, 15) is 4.79 Å². The molecule has 0 saturated heterocycles. The van der Waals surface area contributed by atoms with Crippen molar-refractivity contribution in [1.29, 1.82) is 0 Å². The molecule has 6 nitrogen and oxygen atoms in total. The Bertz CT molecular complexity index is 486. The molecule has 6 heteroatoms. The summed E-state index contributed by atoms with van der Waals surface area (Å²) >= 11 is 0. The van der Waals surface area contributed by atoms with Crippen LogP contribution in [0.25, 0.3) is 0 Å². The normalized spacial score (nSPS) is 26.2. The summed E-state index contributed by atoms with van der Waals surface area (Å²) in [6.45, 7) is 1.71. The lowest BCUT2D eigenvalue weighted by Crippen LogP contribution is -2.36. The number of carboxylic acids is 1. The SMILES string of the molecule is O=C(O)C1CCCC(NCc2nnc3n2CCCC3)C1. The van der Waals surface area contributed by atoms with Gasteiger partial charge in [0.25, 0.3) is 0 Å². The molecule has 1 aliphatic carbocycles. The van der Waals surface area contributed by atoms with Gasteiger partial charge in [-0.25, -0.2) is 0 Å². The van der Waals surface area contributed by atoms with E-state index in [0.717, 1.165) is 50.3 Å². The fourth-order valence-electron chi connectivity index (χ4n) is 3.33. The average molecular weight is 278 g/mol. The van der Waals surface area contributed by atoms with Gasteiger partial charge in [-0.2, -0.15) is 0 Å². The number of carbonyl (C=O) groups is 1. The first-order valence-corrected chi connectivity index (χ1v) is 7.61. The average Bonchev–Trinajstić information content (AvgIpc) is 2.89. The Balaban J connectivity index is 1.56. The number of nitrogens with zero attached hydrogens (tertiary/aromatic N) is 3. The Hall–Kier alpha value is -1.43. The number of aliphatic carboxylic acids is 1. The highest BCUT2D eigenvalue weighted by molar-refractivity contribution is 5.70. The molecule has 1 aliphatic heterocycles. The minimum Gasteiger partial charge on any atom is -0.481 e. The van der Waals surface area contributed by atoms with Crippen molar-refractivity contribution in [3.05, 3.63) is 11.6 Å². The van der Waals surface area contributed by atoms with Crippen LogP contribution in [0.2, 0.25) is 0 Å². The van der Waals surface area contributed by atoms with Crippen LogP contribution in [0.5, 0.6) is 0 Å². The zero-order chi connectivity index (χ0) is 13.9. The molecule has 1 aromatic rings. The van der Waals surface area contributed by atoms with Crippen LogP contribution >= 0.6 is 0 Å². The highest BCUT2D eigenvalue weighted by atomic mass is 16.4. The van der Waals surface area contributed by atoms with Gasteiger partial charge in [0.15, 0.2) is 0 Å². The number of nitrogens with one attached hydrogen (secondary N) is 1. The molecule has 1 fully saturated rings. The van der Waals surface area contributed by atoms with Gasteiger partial charge in [-0.05, 0) is 32.1 Å². The zero-order valence-corrected chi connectivity index (χ0v) is 11.7. The van der Waals surface area contributed by atoms with Gasteiger partial charge in [0, 0.05) is 19.0 Å². The summed E-state index contributed by atoms with van der Waals surface area (Å²) in [6, 6.07) is 0.293. The first-order valence-electron chi connectivity index (χ1n) is 7.61. The summed E-state index contributed by atoms with van der Waals surface area (Å²) in [5.41, 5.74) is 0. The minimum absolute atomic E-state index is 0.187. The quantitative estimate of drug-likeness (QED) is 0.869. The van der Waals surface area contributed by atoms with Crippen LogP contribution in [0.4, 0.5) is 0 Å². The van der Waals surface area contributed by atoms with Crippen LogP contribution in [-0.2, 0) is 24.3 Å². The van der Waals surface area contributed by atoms with Crippen molar-refractivity contribution >= 4 is 5.97 Å². The summed E-state index contributed by atoms with van der Waals surface area (Å²) in [5.74, 6) is 1.25. The molecule has 1 saturated carbocycles. The molecule has 20 heavy (non-hydrogen) atoms. The molecular formula is C14H22N4O2. The highest BCUT2D eigenvalue weighted by Gasteiger charge is 2.27. The summed E-state index contributed by atoms with van der Waals surface area (Å²) < 4.78 is 2.22. The maximum Gasteiger partial charge on any atom is 0.306 e. The fourth-order valence-corrected chi connectivity index (χ4v) is 3.33. The molecule has 2 atom stereocenters. The van der Waals surface area contributed by atoms with E-state index in [-0.39, 0.29) is 5.92 Å². The maximum absolute atomic E-state index is 11.1. The number of carboxylic acid groups (broad SMARTS) is 1. The van der Waals surface area contributed by atoms with Crippen molar-refractivity contribution in [3.63, 3.8) is 0 Å². The predicted octanol–water partition coefficient (Wildman–Crippen LogP) is 1.35. The minimum atomic E-state index is -0.656. The topological polar surface area (TPSA) is 80.0 Å². The third-order valence-corrected chi connectivity index (χ3v) is 4.51. The monoisotopic (exact) mass is 278 g/mol. The van der Waals surface area contributed by atoms with E-state index >= 15 is 0 Å². The van der Waals surface area contributed by atoms with E-state index in [1.807, 2.05) is 0 Å². The second kappa shape index (κ2) is 5.91. The van der Waals surface area contributed by atoms with Crippen LogP contribution in [-0.4, -0.2) is 31.9 Å². The second-order valence-corrected chi connectivity index (χ2v) is 5.92. The lowest BCUT2D eigenvalue weighted by molar-refractivity contribution is -0.143. The summed E-state index contributed by atoms with van der Waals surface area (Å²) in [5, 5.41) is 21.1. The van der Waals surface area contributed by atoms with Gasteiger partial charge in [-0.1, -0.05) is 6.42 Å². The Morgan fingerprint density at radius 2 is 2.20 bits per heavy atom. The molecular weight excluding hydrogens is 256 g/mol. The summed E-state index contributed by atoms with van der Waals surface area (Å²) in [7, 11) is 0. The Labute approximate surface area is 118 Å². The molecule has 3 rings (SSSR count). The number of aromatic nitrogens is 3. The number of fused-ring (bicyclic) bond motifs is 1. The van der Waals surface area contributed by atoms with Crippen molar-refractivity contribution in [3.8, 4) is 0 Å². The summed E-state index contributed by atoms with van der Waals surface area (Å²) in [6.07, 6.45) is 7.02. The van der Waals surface area contributed by atoms with Gasteiger partial charge in [0.05, 0.1) is 12.5 Å². The zero-order valence-electron chi connectivity index (χ0n) is 11.7. The molecule has 2 heterocycles. The van der Waals surface area contributed by atoms with Gasteiger partial charge in [-0.15, -0.1) is 10.2 Å². The van der Waals surface area contributed by atoms with Gasteiger partial charge < -0.3 is 15.0 Å². The van der Waals surface area contributed by atoms with Crippen molar-refractivity contribution < 1.29 is 9.90 Å². The van der Waals surface area contributed by atoms with E-state index in [4.69, 9.17) is 5.11 Å². The van der Waals surface area contributed by atoms with E-state index in [1.165, 1.54) is 12.8 Å². The van der Waals surface area contributed by atoms with E-state index in [2.05, 4.69) is 20.1 Å². The number of hydrogen-bond donors (Lipinski definition) is 2. The van der Waals surface area contributed by atoms with E-state index in [0.29, 0.717) is 12.6 Å². The van der Waals surface area contributed by atoms with Crippen molar-refractivity contribution in [1.82, 2.24) is 20.1 Å². The molecule has 110 valence electrons. The van der Waals surface area contributed by atoms with E-state index < -0.39 is 5.97 Å². The largest absolute Gasteiger partial charge is 0.481 e. The fraction of sp³-hybridized carbons (Fsp3) is 0.786. The lowest BCUT2D eigenvalue weighted by atomic mass is 9.86. The van der Waals surface area contributed by atoms with Crippen molar-refractivity contribution in [2.75, 3.05) is 0 Å².